The number of methoxy groups -OCH3 is 1. The van der Waals surface area contributed by atoms with Gasteiger partial charge in [-0.2, -0.15) is 0 Å². The Hall–Kier alpha value is -4.00. The fraction of sp³-hybridized carbons (Fsp3) is 0.355. The maximum Gasteiger partial charge on any atom is 0.243 e. The van der Waals surface area contributed by atoms with Crippen LogP contribution in [0.3, 0.4) is 0 Å². The van der Waals surface area contributed by atoms with E-state index in [-0.39, 0.29) is 24.3 Å². The Morgan fingerprint density at radius 3 is 2.37 bits per heavy atom. The number of carbonyl (C=O) groups is 2. The Morgan fingerprint density at radius 2 is 1.63 bits per heavy atom. The van der Waals surface area contributed by atoms with Gasteiger partial charge in [0.05, 0.1) is 7.11 Å². The highest BCUT2D eigenvalue weighted by Crippen LogP contribution is 2.31. The van der Waals surface area contributed by atoms with Crippen molar-refractivity contribution in [1.82, 2.24) is 10.2 Å². The van der Waals surface area contributed by atoms with E-state index < -0.39 is 6.04 Å². The number of nitrogens with one attached hydrogen (secondary N) is 1. The van der Waals surface area contributed by atoms with E-state index in [4.69, 9.17) is 14.2 Å². The fourth-order valence-corrected chi connectivity index (χ4v) is 4.54. The molecule has 1 atom stereocenters. The topological polar surface area (TPSA) is 77.1 Å². The van der Waals surface area contributed by atoms with Crippen LogP contribution in [0, 0.1) is 0 Å². The SMILES string of the molecule is COc1cccc(CN(C(=O)CCc2ccc3c(c2)OCCO3)[C@H](Cc2ccccc2)C(=O)NC(C)C)c1. The predicted molar refractivity (Wildman–Crippen MR) is 147 cm³/mol. The van der Waals surface area contributed by atoms with Gasteiger partial charge < -0.3 is 24.4 Å². The molecule has 0 aromatic heterocycles. The molecular formula is C31H36N2O5. The zero-order chi connectivity index (χ0) is 26.9. The van der Waals surface area contributed by atoms with Crippen LogP contribution in [-0.2, 0) is 29.0 Å². The van der Waals surface area contributed by atoms with Crippen molar-refractivity contribution in [2.45, 2.75) is 51.7 Å². The molecule has 0 aliphatic carbocycles. The summed E-state index contributed by atoms with van der Waals surface area (Å²) in [5.41, 5.74) is 2.87. The number of hydrogen-bond donors (Lipinski definition) is 1. The molecule has 0 saturated carbocycles. The van der Waals surface area contributed by atoms with E-state index >= 15 is 0 Å². The number of amides is 2. The summed E-state index contributed by atoms with van der Waals surface area (Å²) in [7, 11) is 1.61. The molecule has 0 bridgehead atoms. The van der Waals surface area contributed by atoms with Crippen LogP contribution in [0.2, 0.25) is 0 Å². The van der Waals surface area contributed by atoms with Crippen molar-refractivity contribution in [3.63, 3.8) is 0 Å². The van der Waals surface area contributed by atoms with Crippen LogP contribution < -0.4 is 19.5 Å². The van der Waals surface area contributed by atoms with Crippen molar-refractivity contribution >= 4 is 11.8 Å². The number of aryl methyl sites for hydroxylation is 1. The Morgan fingerprint density at radius 1 is 0.895 bits per heavy atom. The van der Waals surface area contributed by atoms with Crippen molar-refractivity contribution in [3.05, 3.63) is 89.5 Å². The zero-order valence-electron chi connectivity index (χ0n) is 22.3. The summed E-state index contributed by atoms with van der Waals surface area (Å²) in [6, 6.07) is 22.5. The molecule has 1 heterocycles. The number of hydrogen-bond acceptors (Lipinski definition) is 5. The first-order chi connectivity index (χ1) is 18.4. The van der Waals surface area contributed by atoms with Gasteiger partial charge in [-0.05, 0) is 61.2 Å². The Labute approximate surface area is 224 Å². The summed E-state index contributed by atoms with van der Waals surface area (Å²) in [5.74, 6) is 1.87. The van der Waals surface area contributed by atoms with Gasteiger partial charge in [0.2, 0.25) is 11.8 Å². The Kier molecular flexibility index (Phi) is 9.25. The number of fused-ring (bicyclic) bond motifs is 1. The van der Waals surface area contributed by atoms with Gasteiger partial charge in [-0.3, -0.25) is 9.59 Å². The first-order valence-electron chi connectivity index (χ1n) is 13.1. The molecule has 0 radical (unpaired) electrons. The summed E-state index contributed by atoms with van der Waals surface area (Å²) in [4.78, 5) is 29.0. The van der Waals surface area contributed by atoms with E-state index in [9.17, 15) is 9.59 Å². The molecule has 0 spiro atoms. The first kappa shape index (κ1) is 27.0. The number of rotatable bonds is 11. The van der Waals surface area contributed by atoms with Gasteiger partial charge in [0.1, 0.15) is 25.0 Å². The molecule has 1 aliphatic heterocycles. The average molecular weight is 517 g/mol. The van der Waals surface area contributed by atoms with E-state index in [0.717, 1.165) is 22.4 Å². The minimum Gasteiger partial charge on any atom is -0.497 e. The molecule has 7 nitrogen and oxygen atoms in total. The van der Waals surface area contributed by atoms with Crippen molar-refractivity contribution in [1.29, 1.82) is 0 Å². The van der Waals surface area contributed by atoms with Crippen molar-refractivity contribution in [3.8, 4) is 17.2 Å². The molecule has 0 unspecified atom stereocenters. The summed E-state index contributed by atoms with van der Waals surface area (Å²) in [6.07, 6.45) is 1.19. The lowest BCUT2D eigenvalue weighted by Gasteiger charge is -2.32. The van der Waals surface area contributed by atoms with E-state index in [1.54, 1.807) is 12.0 Å². The molecule has 7 heteroatoms. The van der Waals surface area contributed by atoms with Gasteiger partial charge in [0.25, 0.3) is 0 Å². The lowest BCUT2D eigenvalue weighted by Crippen LogP contribution is -2.51. The maximum atomic E-state index is 13.8. The molecule has 1 N–H and O–H groups in total. The smallest absolute Gasteiger partial charge is 0.243 e. The third-order valence-electron chi connectivity index (χ3n) is 6.42. The highest BCUT2D eigenvalue weighted by molar-refractivity contribution is 5.88. The molecule has 4 rings (SSSR count). The third kappa shape index (κ3) is 7.28. The summed E-state index contributed by atoms with van der Waals surface area (Å²) in [5, 5.41) is 3.03. The van der Waals surface area contributed by atoms with Gasteiger partial charge in [-0.1, -0.05) is 48.5 Å². The summed E-state index contributed by atoms with van der Waals surface area (Å²) in [6.45, 7) is 5.18. The quantitative estimate of drug-likeness (QED) is 0.404. The van der Waals surface area contributed by atoms with Crippen LogP contribution >= 0.6 is 0 Å². The van der Waals surface area contributed by atoms with Gasteiger partial charge in [-0.15, -0.1) is 0 Å². The van der Waals surface area contributed by atoms with Crippen molar-refractivity contribution in [2.75, 3.05) is 20.3 Å². The highest BCUT2D eigenvalue weighted by atomic mass is 16.6. The Balaban J connectivity index is 1.60. The second kappa shape index (κ2) is 13.0. The van der Waals surface area contributed by atoms with Gasteiger partial charge in [0.15, 0.2) is 11.5 Å². The summed E-state index contributed by atoms with van der Waals surface area (Å²) < 4.78 is 16.7. The van der Waals surface area contributed by atoms with Crippen LogP contribution in [0.25, 0.3) is 0 Å². The number of ether oxygens (including phenoxy) is 3. The average Bonchev–Trinajstić information content (AvgIpc) is 2.93. The molecule has 0 saturated heterocycles. The monoisotopic (exact) mass is 516 g/mol. The van der Waals surface area contributed by atoms with E-state index in [0.29, 0.717) is 44.1 Å². The van der Waals surface area contributed by atoms with Crippen LogP contribution in [0.1, 0.15) is 37.0 Å². The van der Waals surface area contributed by atoms with Gasteiger partial charge >= 0.3 is 0 Å². The predicted octanol–water partition coefficient (Wildman–Crippen LogP) is 4.56. The third-order valence-corrected chi connectivity index (χ3v) is 6.42. The van der Waals surface area contributed by atoms with E-state index in [1.165, 1.54) is 0 Å². The number of carbonyl (C=O) groups excluding carboxylic acids is 2. The molecule has 38 heavy (non-hydrogen) atoms. The molecule has 3 aromatic carbocycles. The fourth-order valence-electron chi connectivity index (χ4n) is 4.54. The van der Waals surface area contributed by atoms with Crippen LogP contribution in [0.5, 0.6) is 17.2 Å². The molecule has 0 fully saturated rings. The van der Waals surface area contributed by atoms with Crippen LogP contribution in [0.15, 0.2) is 72.8 Å². The minimum atomic E-state index is -0.668. The van der Waals surface area contributed by atoms with Crippen molar-refractivity contribution < 1.29 is 23.8 Å². The largest absolute Gasteiger partial charge is 0.497 e. The van der Waals surface area contributed by atoms with E-state index in [2.05, 4.69) is 5.32 Å². The first-order valence-corrected chi connectivity index (χ1v) is 13.1. The summed E-state index contributed by atoms with van der Waals surface area (Å²) >= 11 is 0. The Bertz CT molecular complexity index is 1230. The molecule has 3 aromatic rings. The maximum absolute atomic E-state index is 13.8. The second-order valence-corrected chi connectivity index (χ2v) is 9.72. The molecular weight excluding hydrogens is 480 g/mol. The minimum absolute atomic E-state index is 0.0488. The number of benzene rings is 3. The van der Waals surface area contributed by atoms with Crippen LogP contribution in [-0.4, -0.2) is 49.1 Å². The normalized spacial score (nSPS) is 13.1. The van der Waals surface area contributed by atoms with Gasteiger partial charge in [0, 0.05) is 25.4 Å². The van der Waals surface area contributed by atoms with E-state index in [1.807, 2.05) is 86.6 Å². The molecule has 200 valence electrons. The highest BCUT2D eigenvalue weighted by Gasteiger charge is 2.30. The molecule has 1 aliphatic rings. The zero-order valence-corrected chi connectivity index (χ0v) is 22.3. The standard InChI is InChI=1S/C31H36N2O5/c1-22(2)32-31(35)27(19-23-8-5-4-6-9-23)33(21-25-10-7-11-26(18-25)36-3)30(34)15-13-24-12-14-28-29(20-24)38-17-16-37-28/h4-12,14,18,20,22,27H,13,15-17,19,21H2,1-3H3,(H,32,35)/t27-/m1/s1. The number of nitrogens with zero attached hydrogens (tertiary/aromatic N) is 1. The second-order valence-electron chi connectivity index (χ2n) is 9.72. The van der Waals surface area contributed by atoms with Crippen molar-refractivity contribution in [2.24, 2.45) is 0 Å². The lowest BCUT2D eigenvalue weighted by molar-refractivity contribution is -0.141. The lowest BCUT2D eigenvalue weighted by atomic mass is 10.0. The molecule has 2 amide bonds. The van der Waals surface area contributed by atoms with Gasteiger partial charge in [-0.25, -0.2) is 0 Å². The van der Waals surface area contributed by atoms with Crippen LogP contribution in [0.4, 0.5) is 0 Å².